The van der Waals surface area contributed by atoms with E-state index < -0.39 is 0 Å². The number of fused-ring (bicyclic) bond motifs is 3. The fraction of sp³-hybridized carbons (Fsp3) is 0.435. The van der Waals surface area contributed by atoms with Crippen molar-refractivity contribution in [3.8, 4) is 0 Å². The fourth-order valence-corrected chi connectivity index (χ4v) is 5.83. The molecular weight excluding hydrogens is 292 g/mol. The molecule has 2 saturated carbocycles. The van der Waals surface area contributed by atoms with Crippen molar-refractivity contribution < 1.29 is 4.79 Å². The lowest BCUT2D eigenvalue weighted by Gasteiger charge is -2.50. The minimum absolute atomic E-state index is 0.0579. The van der Waals surface area contributed by atoms with Crippen LogP contribution in [-0.2, 0) is 10.2 Å². The minimum Gasteiger partial charge on any atom is -0.298 e. The maximum absolute atomic E-state index is 13.7. The van der Waals surface area contributed by atoms with Crippen LogP contribution in [0.2, 0.25) is 0 Å². The zero-order chi connectivity index (χ0) is 16.2. The van der Waals surface area contributed by atoms with Gasteiger partial charge < -0.3 is 0 Å². The molecule has 1 nitrogen and oxygen atoms in total. The lowest BCUT2D eigenvalue weighted by molar-refractivity contribution is -0.129. The molecule has 0 saturated heterocycles. The zero-order valence-electron chi connectivity index (χ0n) is 14.1. The molecule has 2 spiro atoms. The van der Waals surface area contributed by atoms with Crippen molar-refractivity contribution in [2.24, 2.45) is 5.41 Å². The SMILES string of the molecule is O=C1C(c2ccccc2)c2ccccc2C2(CCCCC2)C12CC2. The molecule has 0 heterocycles. The summed E-state index contributed by atoms with van der Waals surface area (Å²) < 4.78 is 0. The number of ketones is 1. The largest absolute Gasteiger partial charge is 0.298 e. The Labute approximate surface area is 144 Å². The van der Waals surface area contributed by atoms with Crippen LogP contribution in [0, 0.1) is 5.41 Å². The second-order valence-corrected chi connectivity index (χ2v) is 8.02. The molecule has 0 N–H and O–H groups in total. The summed E-state index contributed by atoms with van der Waals surface area (Å²) in [7, 11) is 0. The van der Waals surface area contributed by atoms with Crippen molar-refractivity contribution >= 4 is 5.78 Å². The summed E-state index contributed by atoms with van der Waals surface area (Å²) >= 11 is 0. The molecule has 122 valence electrons. The van der Waals surface area contributed by atoms with Crippen molar-refractivity contribution in [2.75, 3.05) is 0 Å². The molecular formula is C23H24O. The molecule has 0 aliphatic heterocycles. The number of benzene rings is 2. The number of hydrogen-bond donors (Lipinski definition) is 0. The van der Waals surface area contributed by atoms with E-state index in [0.717, 1.165) is 12.8 Å². The van der Waals surface area contributed by atoms with Crippen LogP contribution in [0.25, 0.3) is 0 Å². The van der Waals surface area contributed by atoms with E-state index >= 15 is 0 Å². The molecule has 1 atom stereocenters. The van der Waals surface area contributed by atoms with E-state index in [1.54, 1.807) is 0 Å². The predicted molar refractivity (Wildman–Crippen MR) is 96.2 cm³/mol. The van der Waals surface area contributed by atoms with Crippen molar-refractivity contribution in [3.63, 3.8) is 0 Å². The lowest BCUT2D eigenvalue weighted by atomic mass is 9.52. The van der Waals surface area contributed by atoms with Crippen LogP contribution in [0.4, 0.5) is 0 Å². The Balaban J connectivity index is 1.75. The summed E-state index contributed by atoms with van der Waals surface area (Å²) in [5.41, 5.74) is 4.02. The fourth-order valence-electron chi connectivity index (χ4n) is 5.83. The van der Waals surface area contributed by atoms with Crippen LogP contribution in [0.1, 0.15) is 67.6 Å². The quantitative estimate of drug-likeness (QED) is 0.690. The summed E-state index contributed by atoms with van der Waals surface area (Å²) in [4.78, 5) is 13.7. The van der Waals surface area contributed by atoms with E-state index in [2.05, 4.69) is 48.5 Å². The highest BCUT2D eigenvalue weighted by atomic mass is 16.1. The van der Waals surface area contributed by atoms with Gasteiger partial charge in [-0.25, -0.2) is 0 Å². The Morgan fingerprint density at radius 1 is 0.708 bits per heavy atom. The Kier molecular flexibility index (Phi) is 3.04. The first-order valence-electron chi connectivity index (χ1n) is 9.47. The van der Waals surface area contributed by atoms with Gasteiger partial charge in [0, 0.05) is 10.8 Å². The van der Waals surface area contributed by atoms with E-state index in [1.165, 1.54) is 48.8 Å². The summed E-state index contributed by atoms with van der Waals surface area (Å²) in [5.74, 6) is 0.451. The van der Waals surface area contributed by atoms with Crippen molar-refractivity contribution in [1.29, 1.82) is 0 Å². The number of Topliss-reactive ketones (excluding diaryl/α,β-unsaturated/α-hetero) is 1. The van der Waals surface area contributed by atoms with Crippen LogP contribution >= 0.6 is 0 Å². The average Bonchev–Trinajstić information content (AvgIpc) is 3.45. The maximum Gasteiger partial charge on any atom is 0.151 e. The smallest absolute Gasteiger partial charge is 0.151 e. The first-order valence-corrected chi connectivity index (χ1v) is 9.47. The number of carbonyl (C=O) groups excluding carboxylic acids is 1. The Morgan fingerprint density at radius 2 is 1.38 bits per heavy atom. The van der Waals surface area contributed by atoms with Crippen LogP contribution in [0.5, 0.6) is 0 Å². The van der Waals surface area contributed by atoms with Gasteiger partial charge in [-0.15, -0.1) is 0 Å². The van der Waals surface area contributed by atoms with Gasteiger partial charge in [-0.3, -0.25) is 4.79 Å². The third kappa shape index (κ3) is 1.73. The van der Waals surface area contributed by atoms with Gasteiger partial charge in [0.2, 0.25) is 0 Å². The molecule has 1 heteroatoms. The maximum atomic E-state index is 13.7. The molecule has 0 amide bonds. The molecule has 0 aromatic heterocycles. The van der Waals surface area contributed by atoms with Gasteiger partial charge in [-0.2, -0.15) is 0 Å². The monoisotopic (exact) mass is 316 g/mol. The predicted octanol–water partition coefficient (Wildman–Crippen LogP) is 5.38. The van der Waals surface area contributed by atoms with Crippen molar-refractivity contribution in [1.82, 2.24) is 0 Å². The van der Waals surface area contributed by atoms with E-state index in [-0.39, 0.29) is 16.7 Å². The molecule has 2 aromatic carbocycles. The zero-order valence-corrected chi connectivity index (χ0v) is 14.1. The van der Waals surface area contributed by atoms with Crippen LogP contribution in [0.3, 0.4) is 0 Å². The van der Waals surface area contributed by atoms with Gasteiger partial charge in [0.25, 0.3) is 0 Å². The molecule has 2 fully saturated rings. The highest BCUT2D eigenvalue weighted by molar-refractivity contribution is 5.99. The topological polar surface area (TPSA) is 17.1 Å². The number of hydrogen-bond acceptors (Lipinski definition) is 1. The van der Waals surface area contributed by atoms with E-state index in [4.69, 9.17) is 0 Å². The summed E-state index contributed by atoms with van der Waals surface area (Å²) in [6.45, 7) is 0. The Bertz CT molecular complexity index is 779. The molecule has 5 rings (SSSR count). The normalized spacial score (nSPS) is 26.3. The minimum atomic E-state index is -0.0672. The molecule has 1 unspecified atom stereocenters. The summed E-state index contributed by atoms with van der Waals surface area (Å²) in [5, 5.41) is 0. The lowest BCUT2D eigenvalue weighted by Crippen LogP contribution is -2.49. The molecule has 0 radical (unpaired) electrons. The van der Waals surface area contributed by atoms with Gasteiger partial charge in [0.1, 0.15) is 0 Å². The van der Waals surface area contributed by atoms with Gasteiger partial charge in [0.05, 0.1) is 5.92 Å². The molecule has 3 aliphatic carbocycles. The van der Waals surface area contributed by atoms with Gasteiger partial charge >= 0.3 is 0 Å². The summed E-state index contributed by atoms with van der Waals surface area (Å²) in [6, 6.07) is 19.3. The third-order valence-corrected chi connectivity index (χ3v) is 7.03. The third-order valence-electron chi connectivity index (χ3n) is 7.03. The van der Waals surface area contributed by atoms with Gasteiger partial charge in [-0.1, -0.05) is 73.9 Å². The Morgan fingerprint density at radius 3 is 2.08 bits per heavy atom. The van der Waals surface area contributed by atoms with Gasteiger partial charge in [0.15, 0.2) is 5.78 Å². The standard InChI is InChI=1S/C23H24O/c24-21-20(17-9-3-1-4-10-17)18-11-5-6-12-19(18)22(23(21)15-16-23)13-7-2-8-14-22/h1,3-6,9-12,20H,2,7-8,13-16H2. The van der Waals surface area contributed by atoms with E-state index in [9.17, 15) is 4.79 Å². The van der Waals surface area contributed by atoms with Gasteiger partial charge in [-0.05, 0) is 42.4 Å². The molecule has 0 bridgehead atoms. The molecule has 24 heavy (non-hydrogen) atoms. The van der Waals surface area contributed by atoms with Crippen LogP contribution in [-0.4, -0.2) is 5.78 Å². The number of rotatable bonds is 1. The number of carbonyl (C=O) groups is 1. The van der Waals surface area contributed by atoms with Crippen molar-refractivity contribution in [2.45, 2.75) is 56.3 Å². The second kappa shape index (κ2) is 5.05. The van der Waals surface area contributed by atoms with Crippen LogP contribution < -0.4 is 0 Å². The van der Waals surface area contributed by atoms with E-state index in [0.29, 0.717) is 5.78 Å². The highest BCUT2D eigenvalue weighted by Crippen LogP contribution is 2.70. The van der Waals surface area contributed by atoms with E-state index in [1.807, 2.05) is 6.07 Å². The Hall–Kier alpha value is -1.89. The highest BCUT2D eigenvalue weighted by Gasteiger charge is 2.68. The van der Waals surface area contributed by atoms with Crippen molar-refractivity contribution in [3.05, 3.63) is 71.3 Å². The molecule has 2 aromatic rings. The first kappa shape index (κ1) is 14.5. The molecule has 3 aliphatic rings. The first-order chi connectivity index (χ1) is 11.8. The summed E-state index contributed by atoms with van der Waals surface area (Å²) in [6.07, 6.45) is 8.50. The second-order valence-electron chi connectivity index (χ2n) is 8.02. The average molecular weight is 316 g/mol. The van der Waals surface area contributed by atoms with Crippen LogP contribution in [0.15, 0.2) is 54.6 Å².